The second kappa shape index (κ2) is 7.58. The van der Waals surface area contributed by atoms with E-state index in [1.54, 1.807) is 36.8 Å². The number of pyridine rings is 1. The minimum atomic E-state index is -3.78. The largest absolute Gasteiger partial charge is 0.284 e. The predicted molar refractivity (Wildman–Crippen MR) is 109 cm³/mol. The molecule has 0 radical (unpaired) electrons. The van der Waals surface area contributed by atoms with Gasteiger partial charge < -0.3 is 0 Å². The maximum atomic E-state index is 12.7. The minimum Gasteiger partial charge on any atom is -0.284 e. The number of anilines is 1. The van der Waals surface area contributed by atoms with Crippen LogP contribution in [0.2, 0.25) is 0 Å². The summed E-state index contributed by atoms with van der Waals surface area (Å²) in [6, 6.07) is 18.5. The lowest BCUT2D eigenvalue weighted by molar-refractivity contribution is 0.601. The summed E-state index contributed by atoms with van der Waals surface area (Å²) in [7, 11) is -3.78. The molecule has 0 saturated heterocycles. The first-order valence-corrected chi connectivity index (χ1v) is 10.1. The van der Waals surface area contributed by atoms with E-state index < -0.39 is 10.0 Å². The summed E-state index contributed by atoms with van der Waals surface area (Å²) in [5.41, 5.74) is 4.11. The fourth-order valence-electron chi connectivity index (χ4n) is 2.91. The van der Waals surface area contributed by atoms with Crippen molar-refractivity contribution in [2.75, 3.05) is 4.72 Å². The van der Waals surface area contributed by atoms with Gasteiger partial charge >= 0.3 is 0 Å². The summed E-state index contributed by atoms with van der Waals surface area (Å²) in [6.07, 6.45) is 5.20. The molecule has 0 bridgehead atoms. The number of nitriles is 1. The Morgan fingerprint density at radius 1 is 0.966 bits per heavy atom. The van der Waals surface area contributed by atoms with Crippen LogP contribution in [0.25, 0.3) is 22.4 Å². The highest BCUT2D eigenvalue weighted by molar-refractivity contribution is 7.92. The van der Waals surface area contributed by atoms with Crippen molar-refractivity contribution in [2.24, 2.45) is 0 Å². The highest BCUT2D eigenvalue weighted by Crippen LogP contribution is 2.31. The number of rotatable bonds is 5. The second-order valence-corrected chi connectivity index (χ2v) is 7.89. The molecule has 0 aliphatic carbocycles. The van der Waals surface area contributed by atoms with Crippen LogP contribution < -0.4 is 4.72 Å². The van der Waals surface area contributed by atoms with Crippen LogP contribution in [0, 0.1) is 11.3 Å². The topological polar surface area (TPSA) is 112 Å². The third-order valence-corrected chi connectivity index (χ3v) is 5.71. The maximum absolute atomic E-state index is 12.7. The standard InChI is InChI=1S/C21H15N5O2S/c22-13-15-4-6-19(7-5-15)29(27,28)26-18-3-1-2-17(12-18)21-20(14-24-25-21)16-8-10-23-11-9-16/h1-12,14,26H,(H,24,25). The van der Waals surface area contributed by atoms with Gasteiger partial charge in [0.15, 0.2) is 0 Å². The third kappa shape index (κ3) is 3.85. The number of aromatic amines is 1. The first kappa shape index (κ1) is 18.4. The van der Waals surface area contributed by atoms with E-state index in [1.807, 2.05) is 24.3 Å². The Bertz CT molecular complexity index is 1290. The van der Waals surface area contributed by atoms with Gasteiger partial charge in [0.1, 0.15) is 0 Å². The quantitative estimate of drug-likeness (QED) is 0.528. The van der Waals surface area contributed by atoms with Gasteiger partial charge in [0.25, 0.3) is 10.0 Å². The second-order valence-electron chi connectivity index (χ2n) is 6.21. The van der Waals surface area contributed by atoms with E-state index in [9.17, 15) is 8.42 Å². The molecule has 0 aliphatic heterocycles. The van der Waals surface area contributed by atoms with Crippen molar-refractivity contribution in [2.45, 2.75) is 4.90 Å². The van der Waals surface area contributed by atoms with Crippen LogP contribution in [0.1, 0.15) is 5.56 Å². The van der Waals surface area contributed by atoms with Crippen molar-refractivity contribution in [3.8, 4) is 28.5 Å². The SMILES string of the molecule is N#Cc1ccc(S(=O)(=O)Nc2cccc(-c3n[nH]cc3-c3ccncc3)c2)cc1. The smallest absolute Gasteiger partial charge is 0.261 e. The van der Waals surface area contributed by atoms with Crippen molar-refractivity contribution in [1.82, 2.24) is 15.2 Å². The van der Waals surface area contributed by atoms with Crippen LogP contribution in [-0.2, 0) is 10.0 Å². The molecule has 0 aliphatic rings. The first-order chi connectivity index (χ1) is 14.1. The van der Waals surface area contributed by atoms with Gasteiger partial charge in [-0.15, -0.1) is 0 Å². The minimum absolute atomic E-state index is 0.0825. The zero-order valence-corrected chi connectivity index (χ0v) is 15.9. The van der Waals surface area contributed by atoms with Gasteiger partial charge in [0.2, 0.25) is 0 Å². The fourth-order valence-corrected chi connectivity index (χ4v) is 3.96. The van der Waals surface area contributed by atoms with Gasteiger partial charge in [-0.3, -0.25) is 14.8 Å². The fraction of sp³-hybridized carbons (Fsp3) is 0. The zero-order valence-electron chi connectivity index (χ0n) is 15.1. The van der Waals surface area contributed by atoms with Gasteiger partial charge in [-0.05, 0) is 54.1 Å². The van der Waals surface area contributed by atoms with Crippen molar-refractivity contribution in [3.63, 3.8) is 0 Å². The van der Waals surface area contributed by atoms with E-state index >= 15 is 0 Å². The number of H-pyrrole nitrogens is 1. The van der Waals surface area contributed by atoms with E-state index in [2.05, 4.69) is 19.9 Å². The van der Waals surface area contributed by atoms with Crippen molar-refractivity contribution < 1.29 is 8.42 Å². The van der Waals surface area contributed by atoms with Crippen LogP contribution in [-0.4, -0.2) is 23.6 Å². The molecule has 0 fully saturated rings. The molecular formula is C21H15N5O2S. The molecule has 4 rings (SSSR count). The summed E-state index contributed by atoms with van der Waals surface area (Å²) >= 11 is 0. The van der Waals surface area contributed by atoms with Gasteiger partial charge in [-0.25, -0.2) is 8.42 Å². The number of aromatic nitrogens is 3. The Morgan fingerprint density at radius 2 is 1.72 bits per heavy atom. The normalized spacial score (nSPS) is 11.0. The van der Waals surface area contributed by atoms with Crippen LogP contribution in [0.15, 0.2) is 84.1 Å². The summed E-state index contributed by atoms with van der Waals surface area (Å²) in [5, 5.41) is 16.1. The number of sulfonamides is 1. The van der Waals surface area contributed by atoms with Gasteiger partial charge in [0.05, 0.1) is 22.2 Å². The molecule has 29 heavy (non-hydrogen) atoms. The van der Waals surface area contributed by atoms with Gasteiger partial charge in [-0.2, -0.15) is 10.4 Å². The number of nitrogens with one attached hydrogen (secondary N) is 2. The van der Waals surface area contributed by atoms with E-state index in [0.717, 1.165) is 16.7 Å². The van der Waals surface area contributed by atoms with Crippen molar-refractivity contribution in [1.29, 1.82) is 5.26 Å². The van der Waals surface area contributed by atoms with Crippen LogP contribution >= 0.6 is 0 Å². The molecule has 2 N–H and O–H groups in total. The average Bonchev–Trinajstić information content (AvgIpc) is 3.24. The van der Waals surface area contributed by atoms with Crippen molar-refractivity contribution in [3.05, 3.63) is 84.8 Å². The van der Waals surface area contributed by atoms with Gasteiger partial charge in [0, 0.05) is 35.4 Å². The average molecular weight is 401 g/mol. The van der Waals surface area contributed by atoms with E-state index in [0.29, 0.717) is 16.9 Å². The Balaban J connectivity index is 1.65. The predicted octanol–water partition coefficient (Wildman–Crippen LogP) is 3.81. The molecule has 4 aromatic rings. The molecule has 2 heterocycles. The third-order valence-electron chi connectivity index (χ3n) is 4.31. The van der Waals surface area contributed by atoms with Crippen LogP contribution in [0.4, 0.5) is 5.69 Å². The van der Waals surface area contributed by atoms with Gasteiger partial charge in [-0.1, -0.05) is 12.1 Å². The Labute approximate surface area is 167 Å². The number of nitrogens with zero attached hydrogens (tertiary/aromatic N) is 3. The summed E-state index contributed by atoms with van der Waals surface area (Å²) in [6.45, 7) is 0. The monoisotopic (exact) mass is 401 g/mol. The molecule has 0 amide bonds. The number of benzene rings is 2. The number of hydrogen-bond acceptors (Lipinski definition) is 5. The van der Waals surface area contributed by atoms with E-state index in [1.165, 1.54) is 24.3 Å². The molecule has 0 atom stereocenters. The summed E-state index contributed by atoms with van der Waals surface area (Å²) in [4.78, 5) is 4.11. The Morgan fingerprint density at radius 3 is 2.45 bits per heavy atom. The molecular weight excluding hydrogens is 386 g/mol. The van der Waals surface area contributed by atoms with Crippen LogP contribution in [0.3, 0.4) is 0 Å². The number of hydrogen-bond donors (Lipinski definition) is 2. The highest BCUT2D eigenvalue weighted by Gasteiger charge is 2.16. The molecule has 7 nitrogen and oxygen atoms in total. The van der Waals surface area contributed by atoms with Crippen LogP contribution in [0.5, 0.6) is 0 Å². The lowest BCUT2D eigenvalue weighted by Gasteiger charge is -2.10. The molecule has 2 aromatic carbocycles. The van der Waals surface area contributed by atoms with Crippen molar-refractivity contribution >= 4 is 15.7 Å². The van der Waals surface area contributed by atoms with E-state index in [-0.39, 0.29) is 4.90 Å². The Kier molecular flexibility index (Phi) is 4.81. The lowest BCUT2D eigenvalue weighted by atomic mass is 10.0. The molecule has 142 valence electrons. The lowest BCUT2D eigenvalue weighted by Crippen LogP contribution is -2.12. The molecule has 0 spiro atoms. The first-order valence-electron chi connectivity index (χ1n) is 8.64. The Hall–Kier alpha value is -3.96. The molecule has 0 unspecified atom stereocenters. The summed E-state index contributed by atoms with van der Waals surface area (Å²) in [5.74, 6) is 0. The molecule has 8 heteroatoms. The maximum Gasteiger partial charge on any atom is 0.261 e. The summed E-state index contributed by atoms with van der Waals surface area (Å²) < 4.78 is 27.9. The highest BCUT2D eigenvalue weighted by atomic mass is 32.2. The molecule has 2 aromatic heterocycles. The van der Waals surface area contributed by atoms with E-state index in [4.69, 9.17) is 5.26 Å². The molecule has 0 saturated carbocycles. The zero-order chi connectivity index (χ0) is 20.3.